The zero-order valence-electron chi connectivity index (χ0n) is 33.9. The Morgan fingerprint density at radius 1 is 0.857 bits per heavy atom. The van der Waals surface area contributed by atoms with E-state index < -0.39 is 16.6 Å². The molecule has 1 aromatic carbocycles. The fraction of sp³-hybridized carbons (Fsp3) is 0.543. The molecule has 0 bridgehead atoms. The van der Waals surface area contributed by atoms with Gasteiger partial charge in [-0.15, -0.1) is 0 Å². The SMILES string of the molecule is CC1=C(O)C(=O)C=C2C1=CC=C1[C@@]2(C)CC[C@@]2(C)[C@@H]3C[C@](C)(C(=O)N4CCN(C(=O)CN5C(=O)S/C(=C\c6ccc(C)cc6)C5=O)CC4)CC[C@]3(C)CC[C@]12C. The molecule has 8 rings (SSSR count). The van der Waals surface area contributed by atoms with Gasteiger partial charge in [0.1, 0.15) is 6.54 Å². The number of rotatable bonds is 4. The molecule has 7 aliphatic rings. The average molecular weight is 778 g/mol. The Bertz CT molecular complexity index is 2120. The number of carbonyl (C=O) groups is 5. The van der Waals surface area contributed by atoms with Crippen LogP contribution in [0.3, 0.4) is 0 Å². The molecule has 5 aliphatic carbocycles. The molecular weight excluding hydrogens is 723 g/mol. The number of hydrogen-bond donors (Lipinski definition) is 1. The van der Waals surface area contributed by atoms with Crippen molar-refractivity contribution in [2.75, 3.05) is 32.7 Å². The first-order valence-corrected chi connectivity index (χ1v) is 21.1. The topological polar surface area (TPSA) is 115 Å². The second kappa shape index (κ2) is 13.2. The third kappa shape index (κ3) is 5.74. The summed E-state index contributed by atoms with van der Waals surface area (Å²) < 4.78 is 0. The van der Waals surface area contributed by atoms with Crippen LogP contribution in [0.25, 0.3) is 6.08 Å². The van der Waals surface area contributed by atoms with Gasteiger partial charge in [-0.2, -0.15) is 0 Å². The first kappa shape index (κ1) is 38.7. The zero-order valence-corrected chi connectivity index (χ0v) is 34.7. The predicted octanol–water partition coefficient (Wildman–Crippen LogP) is 8.33. The maximum Gasteiger partial charge on any atom is 0.294 e. The van der Waals surface area contributed by atoms with Gasteiger partial charge in [0.2, 0.25) is 17.6 Å². The van der Waals surface area contributed by atoms with E-state index in [0.29, 0.717) is 42.6 Å². The van der Waals surface area contributed by atoms with Crippen molar-refractivity contribution in [3.63, 3.8) is 0 Å². The van der Waals surface area contributed by atoms with Crippen molar-refractivity contribution < 1.29 is 29.1 Å². The minimum Gasteiger partial charge on any atom is -0.504 e. The van der Waals surface area contributed by atoms with Crippen LogP contribution < -0.4 is 0 Å². The average Bonchev–Trinajstić information content (AvgIpc) is 3.43. The number of benzene rings is 1. The first-order valence-electron chi connectivity index (χ1n) is 20.3. The lowest BCUT2D eigenvalue weighted by molar-refractivity contribution is -0.175. The third-order valence-electron chi connectivity index (χ3n) is 15.9. The summed E-state index contributed by atoms with van der Waals surface area (Å²) >= 11 is 0.857. The van der Waals surface area contributed by atoms with Crippen LogP contribution in [0.5, 0.6) is 0 Å². The molecule has 1 N–H and O–H groups in total. The van der Waals surface area contributed by atoms with Gasteiger partial charge in [0.15, 0.2) is 5.76 Å². The van der Waals surface area contributed by atoms with Gasteiger partial charge in [-0.25, -0.2) is 0 Å². The molecular formula is C46H55N3O6S. The summed E-state index contributed by atoms with van der Waals surface area (Å²) in [6.07, 6.45) is 14.4. The van der Waals surface area contributed by atoms with Crippen LogP contribution in [0, 0.1) is 39.9 Å². The van der Waals surface area contributed by atoms with Crippen LogP contribution in [0.2, 0.25) is 0 Å². The molecule has 2 aliphatic heterocycles. The van der Waals surface area contributed by atoms with Crippen molar-refractivity contribution in [2.24, 2.45) is 33.0 Å². The summed E-state index contributed by atoms with van der Waals surface area (Å²) in [5.74, 6) is -0.728. The second-order valence-electron chi connectivity index (χ2n) is 19.0. The molecule has 4 amide bonds. The number of amides is 4. The van der Waals surface area contributed by atoms with Crippen molar-refractivity contribution in [3.8, 4) is 0 Å². The maximum atomic E-state index is 14.6. The molecule has 2 saturated heterocycles. The maximum absolute atomic E-state index is 14.6. The normalized spacial score (nSPS) is 36.4. The number of nitrogens with zero attached hydrogens (tertiary/aromatic N) is 3. The molecule has 296 valence electrons. The van der Waals surface area contributed by atoms with Crippen LogP contribution in [-0.4, -0.2) is 81.3 Å². The molecule has 6 atom stereocenters. The molecule has 10 heteroatoms. The second-order valence-corrected chi connectivity index (χ2v) is 20.0. The number of fused-ring (bicyclic) bond motifs is 7. The number of ketones is 1. The van der Waals surface area contributed by atoms with Gasteiger partial charge in [0.05, 0.1) is 4.91 Å². The van der Waals surface area contributed by atoms with Crippen LogP contribution in [-0.2, 0) is 19.2 Å². The minimum atomic E-state index is -0.532. The Morgan fingerprint density at radius 2 is 1.52 bits per heavy atom. The highest BCUT2D eigenvalue weighted by molar-refractivity contribution is 8.18. The highest BCUT2D eigenvalue weighted by Crippen LogP contribution is 2.75. The summed E-state index contributed by atoms with van der Waals surface area (Å²) in [5.41, 5.74) is 5.05. The van der Waals surface area contributed by atoms with E-state index in [1.54, 1.807) is 17.1 Å². The first-order chi connectivity index (χ1) is 26.3. The Balaban J connectivity index is 0.950. The van der Waals surface area contributed by atoms with Crippen molar-refractivity contribution in [1.82, 2.24) is 14.7 Å². The van der Waals surface area contributed by atoms with Gasteiger partial charge >= 0.3 is 0 Å². The van der Waals surface area contributed by atoms with Crippen LogP contribution >= 0.6 is 11.8 Å². The molecule has 0 unspecified atom stereocenters. The van der Waals surface area contributed by atoms with Crippen LogP contribution in [0.4, 0.5) is 4.79 Å². The molecule has 9 nitrogen and oxygen atoms in total. The van der Waals surface area contributed by atoms with Gasteiger partial charge in [0, 0.05) is 42.6 Å². The van der Waals surface area contributed by atoms with Gasteiger partial charge in [0.25, 0.3) is 11.1 Å². The molecule has 1 aromatic rings. The number of aryl methyl sites for hydroxylation is 1. The van der Waals surface area contributed by atoms with Gasteiger partial charge < -0.3 is 14.9 Å². The van der Waals surface area contributed by atoms with Gasteiger partial charge in [-0.05, 0) is 122 Å². The summed E-state index contributed by atoms with van der Waals surface area (Å²) in [5, 5.41) is 10.1. The largest absolute Gasteiger partial charge is 0.504 e. The van der Waals surface area contributed by atoms with E-state index in [0.717, 1.165) is 83.9 Å². The summed E-state index contributed by atoms with van der Waals surface area (Å²) in [6, 6.07) is 7.68. The molecule has 2 heterocycles. The fourth-order valence-electron chi connectivity index (χ4n) is 11.9. The van der Waals surface area contributed by atoms with Gasteiger partial charge in [-0.3, -0.25) is 28.9 Å². The van der Waals surface area contributed by atoms with Crippen LogP contribution in [0.15, 0.2) is 75.5 Å². The zero-order chi connectivity index (χ0) is 40.2. The minimum absolute atomic E-state index is 0.0616. The predicted molar refractivity (Wildman–Crippen MR) is 218 cm³/mol. The highest BCUT2D eigenvalue weighted by atomic mass is 32.2. The lowest BCUT2D eigenvalue weighted by Gasteiger charge is -2.70. The lowest BCUT2D eigenvalue weighted by Crippen LogP contribution is -2.63. The molecule has 0 aromatic heterocycles. The van der Waals surface area contributed by atoms with Crippen molar-refractivity contribution >= 4 is 46.6 Å². The van der Waals surface area contributed by atoms with E-state index in [1.807, 2.05) is 43.0 Å². The summed E-state index contributed by atoms with van der Waals surface area (Å²) in [6.45, 7) is 16.9. The lowest BCUT2D eigenvalue weighted by atomic mass is 9.34. The molecule has 56 heavy (non-hydrogen) atoms. The van der Waals surface area contributed by atoms with E-state index >= 15 is 0 Å². The number of imide groups is 1. The van der Waals surface area contributed by atoms with E-state index in [-0.39, 0.29) is 51.6 Å². The van der Waals surface area contributed by atoms with Crippen molar-refractivity contribution in [1.29, 1.82) is 0 Å². The Labute approximate surface area is 335 Å². The molecule has 0 radical (unpaired) electrons. The number of allylic oxidation sites excluding steroid dienone is 7. The Hall–Kier alpha value is -4.18. The van der Waals surface area contributed by atoms with E-state index in [2.05, 4.69) is 46.8 Å². The quantitative estimate of drug-likeness (QED) is 0.306. The Kier molecular flexibility index (Phi) is 9.11. The smallest absolute Gasteiger partial charge is 0.294 e. The van der Waals surface area contributed by atoms with E-state index in [9.17, 15) is 29.1 Å². The highest BCUT2D eigenvalue weighted by Gasteiger charge is 2.67. The number of piperazine rings is 1. The number of carbonyl (C=O) groups excluding carboxylic acids is 5. The van der Waals surface area contributed by atoms with Crippen LogP contribution in [0.1, 0.15) is 97.6 Å². The summed E-state index contributed by atoms with van der Waals surface area (Å²) in [7, 11) is 0. The fourth-order valence-corrected chi connectivity index (χ4v) is 12.7. The van der Waals surface area contributed by atoms with Crippen molar-refractivity contribution in [2.45, 2.75) is 93.4 Å². The number of aliphatic hydroxyl groups excluding tert-OH is 1. The molecule has 3 saturated carbocycles. The monoisotopic (exact) mass is 777 g/mol. The number of hydrogen-bond acceptors (Lipinski definition) is 7. The van der Waals surface area contributed by atoms with Crippen molar-refractivity contribution in [3.05, 3.63) is 86.6 Å². The third-order valence-corrected chi connectivity index (χ3v) is 16.8. The molecule has 5 fully saturated rings. The summed E-state index contributed by atoms with van der Waals surface area (Å²) in [4.78, 5) is 71.8. The van der Waals surface area contributed by atoms with E-state index in [1.165, 1.54) is 5.57 Å². The number of thioether (sulfide) groups is 1. The standard InChI is InChI=1S/C46H55N3O6S/c1-28-8-10-30(11-9-28)24-34-39(53)49(41(55)56-34)27-37(51)47-20-22-48(23-21-47)40(54)43(4)15-14-42(3)16-18-45(6)35-13-12-31-29(2)38(52)33(50)25-32(31)44(35,5)17-19-46(45,7)36(42)26-43/h8-13,24-25,36,52H,14-23,26-27H2,1-7H3/b34-24-/t36-,42-,43-,44+,45-,46+/m1/s1. The number of aliphatic hydroxyl groups is 1. The van der Waals surface area contributed by atoms with E-state index in [4.69, 9.17) is 0 Å². The molecule has 0 spiro atoms. The van der Waals surface area contributed by atoms with Gasteiger partial charge in [-0.1, -0.05) is 82.2 Å². The Morgan fingerprint density at radius 3 is 2.21 bits per heavy atom.